The molecule has 1 amide bonds. The minimum absolute atomic E-state index is 0.157. The smallest absolute Gasteiger partial charge is 0.294 e. The molecule has 0 aliphatic carbocycles. The Labute approximate surface area is 181 Å². The number of nitrogens with one attached hydrogen (secondary N) is 1. The molecule has 0 spiro atoms. The standard InChI is InChI=1S/C23H25ClN4O2/c1-27-11-13-28(14-12-27)10-9-17-5-7-20(8-6-17)25-23(29)22-16-21(26-30-22)18-3-2-4-19(24)15-18/h2-8,15-16H,9-14H2,1H3,(H,25,29). The highest BCUT2D eigenvalue weighted by Gasteiger charge is 2.15. The van der Waals surface area contributed by atoms with E-state index < -0.39 is 0 Å². The summed E-state index contributed by atoms with van der Waals surface area (Å²) in [7, 11) is 2.17. The number of amides is 1. The molecule has 30 heavy (non-hydrogen) atoms. The van der Waals surface area contributed by atoms with Crippen molar-refractivity contribution in [3.63, 3.8) is 0 Å². The molecule has 1 fully saturated rings. The van der Waals surface area contributed by atoms with Crippen molar-refractivity contribution in [3.05, 3.63) is 70.9 Å². The fraction of sp³-hybridized carbons (Fsp3) is 0.304. The predicted molar refractivity (Wildman–Crippen MR) is 119 cm³/mol. The van der Waals surface area contributed by atoms with E-state index in [0.29, 0.717) is 10.7 Å². The Bertz CT molecular complexity index is 994. The molecule has 7 heteroatoms. The van der Waals surface area contributed by atoms with Gasteiger partial charge in [0.05, 0.1) is 0 Å². The van der Waals surface area contributed by atoms with E-state index in [9.17, 15) is 4.79 Å². The number of piperazine rings is 1. The van der Waals surface area contributed by atoms with Gasteiger partial charge in [0.1, 0.15) is 5.69 Å². The summed E-state index contributed by atoms with van der Waals surface area (Å²) < 4.78 is 5.22. The highest BCUT2D eigenvalue weighted by molar-refractivity contribution is 6.30. The van der Waals surface area contributed by atoms with E-state index in [2.05, 4.69) is 39.5 Å². The summed E-state index contributed by atoms with van der Waals surface area (Å²) in [6.07, 6.45) is 1.00. The van der Waals surface area contributed by atoms with Gasteiger partial charge in [-0.3, -0.25) is 4.79 Å². The summed E-state index contributed by atoms with van der Waals surface area (Å²) >= 11 is 6.01. The summed E-state index contributed by atoms with van der Waals surface area (Å²) in [6, 6.07) is 16.8. The van der Waals surface area contributed by atoms with Crippen molar-refractivity contribution in [2.24, 2.45) is 0 Å². The van der Waals surface area contributed by atoms with Crippen LogP contribution in [0.4, 0.5) is 5.69 Å². The maximum atomic E-state index is 12.5. The first kappa shape index (κ1) is 20.6. The van der Waals surface area contributed by atoms with Gasteiger partial charge in [-0.05, 0) is 43.3 Å². The highest BCUT2D eigenvalue weighted by Crippen LogP contribution is 2.23. The van der Waals surface area contributed by atoms with Crippen LogP contribution < -0.4 is 5.32 Å². The molecule has 156 valence electrons. The zero-order valence-corrected chi connectivity index (χ0v) is 17.7. The van der Waals surface area contributed by atoms with Crippen molar-refractivity contribution in [3.8, 4) is 11.3 Å². The zero-order valence-electron chi connectivity index (χ0n) is 17.0. The maximum absolute atomic E-state index is 12.5. The summed E-state index contributed by atoms with van der Waals surface area (Å²) in [4.78, 5) is 17.3. The third kappa shape index (κ3) is 5.27. The van der Waals surface area contributed by atoms with E-state index in [-0.39, 0.29) is 11.7 Å². The largest absolute Gasteiger partial charge is 0.350 e. The summed E-state index contributed by atoms with van der Waals surface area (Å²) in [5.41, 5.74) is 3.36. The molecular weight excluding hydrogens is 400 g/mol. The number of carbonyl (C=O) groups excluding carboxylic acids is 1. The lowest BCUT2D eigenvalue weighted by Crippen LogP contribution is -2.45. The van der Waals surface area contributed by atoms with Gasteiger partial charge in [-0.15, -0.1) is 0 Å². The van der Waals surface area contributed by atoms with Crippen LogP contribution in [0, 0.1) is 0 Å². The summed E-state index contributed by atoms with van der Waals surface area (Å²) in [5, 5.41) is 7.44. The van der Waals surface area contributed by atoms with Crippen LogP contribution >= 0.6 is 11.6 Å². The van der Waals surface area contributed by atoms with Crippen molar-refractivity contribution >= 4 is 23.2 Å². The fourth-order valence-electron chi connectivity index (χ4n) is 3.47. The number of hydrogen-bond donors (Lipinski definition) is 1. The van der Waals surface area contributed by atoms with E-state index in [1.54, 1.807) is 18.2 Å². The molecule has 1 saturated heterocycles. The highest BCUT2D eigenvalue weighted by atomic mass is 35.5. The molecule has 2 heterocycles. The normalized spacial score (nSPS) is 15.3. The number of benzene rings is 2. The quantitative estimate of drug-likeness (QED) is 0.647. The third-order valence-electron chi connectivity index (χ3n) is 5.38. The topological polar surface area (TPSA) is 61.6 Å². The summed E-state index contributed by atoms with van der Waals surface area (Å²) in [5.74, 6) is -0.176. The molecule has 0 atom stereocenters. The van der Waals surface area contributed by atoms with Crippen molar-refractivity contribution < 1.29 is 9.32 Å². The number of anilines is 1. The van der Waals surface area contributed by atoms with Gasteiger partial charge in [0.25, 0.3) is 5.91 Å². The average molecular weight is 425 g/mol. The molecule has 2 aromatic carbocycles. The maximum Gasteiger partial charge on any atom is 0.294 e. The Kier molecular flexibility index (Phi) is 6.47. The molecule has 0 bridgehead atoms. The first-order chi connectivity index (χ1) is 14.6. The van der Waals surface area contributed by atoms with Gasteiger partial charge in [0.15, 0.2) is 0 Å². The number of hydrogen-bond acceptors (Lipinski definition) is 5. The molecule has 0 saturated carbocycles. The lowest BCUT2D eigenvalue weighted by molar-refractivity contribution is 0.0988. The Morgan fingerprint density at radius 3 is 2.60 bits per heavy atom. The van der Waals surface area contributed by atoms with E-state index in [0.717, 1.165) is 50.4 Å². The van der Waals surface area contributed by atoms with E-state index in [4.69, 9.17) is 16.1 Å². The molecule has 1 N–H and O–H groups in total. The van der Waals surface area contributed by atoms with E-state index >= 15 is 0 Å². The van der Waals surface area contributed by atoms with Gasteiger partial charge in [-0.1, -0.05) is 41.0 Å². The molecular formula is C23H25ClN4O2. The molecule has 0 unspecified atom stereocenters. The SMILES string of the molecule is CN1CCN(CCc2ccc(NC(=O)c3cc(-c4cccc(Cl)c4)no3)cc2)CC1. The number of likely N-dealkylation sites (N-methyl/N-ethyl adjacent to an activating group) is 1. The van der Waals surface area contributed by atoms with E-state index in [1.807, 2.05) is 24.3 Å². The van der Waals surface area contributed by atoms with Crippen molar-refractivity contribution in [1.82, 2.24) is 15.0 Å². The van der Waals surface area contributed by atoms with Crippen LogP contribution in [0.5, 0.6) is 0 Å². The number of rotatable bonds is 6. The second-order valence-corrected chi connectivity index (χ2v) is 8.07. The van der Waals surface area contributed by atoms with Crippen LogP contribution in [0.15, 0.2) is 59.1 Å². The molecule has 3 aromatic rings. The molecule has 6 nitrogen and oxygen atoms in total. The Morgan fingerprint density at radius 1 is 1.10 bits per heavy atom. The lowest BCUT2D eigenvalue weighted by Gasteiger charge is -2.32. The van der Waals surface area contributed by atoms with Gasteiger partial charge < -0.3 is 19.6 Å². The Morgan fingerprint density at radius 2 is 1.87 bits per heavy atom. The van der Waals surface area contributed by atoms with Gasteiger partial charge in [0.2, 0.25) is 5.76 Å². The van der Waals surface area contributed by atoms with Crippen molar-refractivity contribution in [2.75, 3.05) is 45.1 Å². The number of carbonyl (C=O) groups is 1. The van der Waals surface area contributed by atoms with Gasteiger partial charge >= 0.3 is 0 Å². The first-order valence-electron chi connectivity index (χ1n) is 10.1. The van der Waals surface area contributed by atoms with Gasteiger partial charge in [-0.2, -0.15) is 0 Å². The summed E-state index contributed by atoms with van der Waals surface area (Å²) in [6.45, 7) is 5.57. The number of aromatic nitrogens is 1. The van der Waals surface area contributed by atoms with Crippen LogP contribution in [0.3, 0.4) is 0 Å². The number of nitrogens with zero attached hydrogens (tertiary/aromatic N) is 3. The zero-order chi connectivity index (χ0) is 20.9. The number of halogens is 1. The minimum atomic E-state index is -0.332. The van der Waals surface area contributed by atoms with Crippen LogP contribution in [0.1, 0.15) is 16.1 Å². The molecule has 1 aliphatic rings. The molecule has 1 aliphatic heterocycles. The third-order valence-corrected chi connectivity index (χ3v) is 5.61. The van der Waals surface area contributed by atoms with Crippen LogP contribution in [0.25, 0.3) is 11.3 Å². The van der Waals surface area contributed by atoms with Gasteiger partial charge in [0, 0.05) is 55.1 Å². The van der Waals surface area contributed by atoms with Crippen LogP contribution in [-0.4, -0.2) is 60.6 Å². The van der Waals surface area contributed by atoms with Gasteiger partial charge in [-0.25, -0.2) is 0 Å². The molecule has 0 radical (unpaired) electrons. The molecule has 1 aromatic heterocycles. The molecule has 4 rings (SSSR count). The lowest BCUT2D eigenvalue weighted by atomic mass is 10.1. The second-order valence-electron chi connectivity index (χ2n) is 7.63. The Hall–Kier alpha value is -2.67. The van der Waals surface area contributed by atoms with Crippen molar-refractivity contribution in [1.29, 1.82) is 0 Å². The Balaban J connectivity index is 1.31. The van der Waals surface area contributed by atoms with Crippen LogP contribution in [-0.2, 0) is 6.42 Å². The van der Waals surface area contributed by atoms with Crippen LogP contribution in [0.2, 0.25) is 5.02 Å². The fourth-order valence-corrected chi connectivity index (χ4v) is 3.66. The van der Waals surface area contributed by atoms with Crippen molar-refractivity contribution in [2.45, 2.75) is 6.42 Å². The van der Waals surface area contributed by atoms with E-state index in [1.165, 1.54) is 5.56 Å². The minimum Gasteiger partial charge on any atom is -0.350 e. The first-order valence-corrected chi connectivity index (χ1v) is 10.5. The average Bonchev–Trinajstić information content (AvgIpc) is 3.25. The predicted octanol–water partition coefficient (Wildman–Crippen LogP) is 4.04. The second kappa shape index (κ2) is 9.43. The monoisotopic (exact) mass is 424 g/mol.